The highest BCUT2D eigenvalue weighted by molar-refractivity contribution is 7.89. The number of amides is 1. The van der Waals surface area contributed by atoms with Gasteiger partial charge in [0.15, 0.2) is 0 Å². The van der Waals surface area contributed by atoms with Gasteiger partial charge in [0.05, 0.1) is 12.0 Å². The molecule has 1 heterocycles. The van der Waals surface area contributed by atoms with Gasteiger partial charge >= 0.3 is 0 Å². The summed E-state index contributed by atoms with van der Waals surface area (Å²) < 4.78 is 32.4. The molecular formula is C22H26N4O4S2. The number of carbonyl (C=O) groups is 1. The number of anilines is 1. The second kappa shape index (κ2) is 10.7. The highest BCUT2D eigenvalue weighted by atomic mass is 32.2. The Morgan fingerprint density at radius 1 is 1.12 bits per heavy atom. The number of ether oxygens (including phenoxy) is 1. The van der Waals surface area contributed by atoms with Crippen LogP contribution in [0.4, 0.5) is 5.13 Å². The Morgan fingerprint density at radius 3 is 2.53 bits per heavy atom. The van der Waals surface area contributed by atoms with Crippen LogP contribution in [0.2, 0.25) is 0 Å². The third kappa shape index (κ3) is 5.90. The molecule has 0 atom stereocenters. The SMILES string of the molecule is CCCN(CCC(=O)Nc1nnc(-c2cccc(C)c2)s1)S(=O)(=O)c1ccc(OC)cc1. The van der Waals surface area contributed by atoms with E-state index < -0.39 is 10.0 Å². The fraction of sp³-hybridized carbons (Fsp3) is 0.318. The number of hydrogen-bond acceptors (Lipinski definition) is 7. The lowest BCUT2D eigenvalue weighted by Gasteiger charge is -2.21. The first-order valence-corrected chi connectivity index (χ1v) is 12.4. The van der Waals surface area contributed by atoms with Gasteiger partial charge in [-0.15, -0.1) is 10.2 Å². The summed E-state index contributed by atoms with van der Waals surface area (Å²) in [6.45, 7) is 4.27. The van der Waals surface area contributed by atoms with Crippen LogP contribution < -0.4 is 10.1 Å². The predicted molar refractivity (Wildman–Crippen MR) is 125 cm³/mol. The molecule has 10 heteroatoms. The van der Waals surface area contributed by atoms with Crippen LogP contribution in [0.3, 0.4) is 0 Å². The standard InChI is InChI=1S/C22H26N4O4S2/c1-4-13-26(32(28,29)19-10-8-18(30-3)9-11-19)14-12-20(27)23-22-25-24-21(31-22)17-7-5-6-16(2)15-17/h5-11,15H,4,12-14H2,1-3H3,(H,23,25,27). The molecular weight excluding hydrogens is 448 g/mol. The highest BCUT2D eigenvalue weighted by Gasteiger charge is 2.24. The Morgan fingerprint density at radius 2 is 1.88 bits per heavy atom. The normalized spacial score (nSPS) is 11.5. The Balaban J connectivity index is 1.63. The number of aryl methyl sites for hydroxylation is 1. The van der Waals surface area contributed by atoms with Crippen molar-refractivity contribution in [1.29, 1.82) is 0 Å². The van der Waals surface area contributed by atoms with Crippen molar-refractivity contribution < 1.29 is 17.9 Å². The van der Waals surface area contributed by atoms with Crippen LogP contribution in [0.1, 0.15) is 25.3 Å². The minimum absolute atomic E-state index is 0.00867. The van der Waals surface area contributed by atoms with Crippen molar-refractivity contribution in [2.75, 3.05) is 25.5 Å². The van der Waals surface area contributed by atoms with Crippen molar-refractivity contribution >= 4 is 32.4 Å². The van der Waals surface area contributed by atoms with Gasteiger partial charge in [0.2, 0.25) is 21.1 Å². The lowest BCUT2D eigenvalue weighted by molar-refractivity contribution is -0.116. The molecule has 0 saturated heterocycles. The van der Waals surface area contributed by atoms with Gasteiger partial charge in [0.1, 0.15) is 10.8 Å². The minimum atomic E-state index is -3.72. The number of hydrogen-bond donors (Lipinski definition) is 1. The summed E-state index contributed by atoms with van der Waals surface area (Å²) in [5.74, 6) is 0.260. The maximum atomic E-state index is 13.0. The number of benzene rings is 2. The smallest absolute Gasteiger partial charge is 0.243 e. The quantitative estimate of drug-likeness (QED) is 0.477. The third-order valence-electron chi connectivity index (χ3n) is 4.69. The maximum absolute atomic E-state index is 13.0. The fourth-order valence-corrected chi connectivity index (χ4v) is 5.36. The molecule has 0 aliphatic carbocycles. The van der Waals surface area contributed by atoms with Crippen molar-refractivity contribution in [2.45, 2.75) is 31.6 Å². The van der Waals surface area contributed by atoms with Crippen molar-refractivity contribution in [1.82, 2.24) is 14.5 Å². The summed E-state index contributed by atoms with van der Waals surface area (Å²) in [5, 5.41) is 12.0. The molecule has 0 saturated carbocycles. The average molecular weight is 475 g/mol. The third-order valence-corrected chi connectivity index (χ3v) is 7.50. The summed E-state index contributed by atoms with van der Waals surface area (Å²) in [4.78, 5) is 12.6. The van der Waals surface area contributed by atoms with Crippen LogP contribution in [0, 0.1) is 6.92 Å². The van der Waals surface area contributed by atoms with E-state index in [2.05, 4.69) is 15.5 Å². The van der Waals surface area contributed by atoms with Gasteiger partial charge in [-0.1, -0.05) is 42.0 Å². The van der Waals surface area contributed by atoms with E-state index in [-0.39, 0.29) is 23.8 Å². The molecule has 3 rings (SSSR count). The van der Waals surface area contributed by atoms with E-state index in [9.17, 15) is 13.2 Å². The van der Waals surface area contributed by atoms with Gasteiger partial charge in [0, 0.05) is 25.1 Å². The maximum Gasteiger partial charge on any atom is 0.243 e. The van der Waals surface area contributed by atoms with Gasteiger partial charge in [-0.2, -0.15) is 4.31 Å². The van der Waals surface area contributed by atoms with E-state index in [1.807, 2.05) is 38.1 Å². The van der Waals surface area contributed by atoms with E-state index >= 15 is 0 Å². The highest BCUT2D eigenvalue weighted by Crippen LogP contribution is 2.27. The number of carbonyl (C=O) groups excluding carboxylic acids is 1. The van der Waals surface area contributed by atoms with Gasteiger partial charge in [-0.25, -0.2) is 8.42 Å². The first-order chi connectivity index (χ1) is 15.3. The Bertz CT molecular complexity index is 1160. The zero-order valence-corrected chi connectivity index (χ0v) is 19.9. The zero-order chi connectivity index (χ0) is 23.1. The summed E-state index contributed by atoms with van der Waals surface area (Å²) in [7, 11) is -2.20. The van der Waals surface area contributed by atoms with E-state index in [0.29, 0.717) is 28.9 Å². The lowest BCUT2D eigenvalue weighted by atomic mass is 10.1. The van der Waals surface area contributed by atoms with Crippen molar-refractivity contribution in [2.24, 2.45) is 0 Å². The van der Waals surface area contributed by atoms with Crippen molar-refractivity contribution in [3.05, 3.63) is 54.1 Å². The van der Waals surface area contributed by atoms with Gasteiger partial charge in [-0.05, 0) is 43.7 Å². The number of nitrogens with one attached hydrogen (secondary N) is 1. The zero-order valence-electron chi connectivity index (χ0n) is 18.2. The van der Waals surface area contributed by atoms with Crippen LogP contribution in [-0.2, 0) is 14.8 Å². The molecule has 0 aliphatic rings. The molecule has 0 aliphatic heterocycles. The molecule has 0 unspecified atom stereocenters. The molecule has 1 N–H and O–H groups in total. The van der Waals surface area contributed by atoms with Crippen LogP contribution in [-0.4, -0.2) is 49.0 Å². The van der Waals surface area contributed by atoms with Crippen molar-refractivity contribution in [3.8, 4) is 16.3 Å². The van der Waals surface area contributed by atoms with Gasteiger partial charge in [0.25, 0.3) is 0 Å². The van der Waals surface area contributed by atoms with E-state index in [1.165, 1.54) is 34.9 Å². The Labute approximate surface area is 192 Å². The topological polar surface area (TPSA) is 101 Å². The van der Waals surface area contributed by atoms with Crippen LogP contribution in [0.25, 0.3) is 10.6 Å². The van der Waals surface area contributed by atoms with Crippen molar-refractivity contribution in [3.63, 3.8) is 0 Å². The molecule has 3 aromatic rings. The molecule has 1 amide bonds. The Hall–Kier alpha value is -2.82. The second-order valence-electron chi connectivity index (χ2n) is 7.16. The first-order valence-electron chi connectivity index (χ1n) is 10.2. The molecule has 8 nitrogen and oxygen atoms in total. The molecule has 0 radical (unpaired) electrons. The summed E-state index contributed by atoms with van der Waals surface area (Å²) >= 11 is 1.28. The first kappa shape index (κ1) is 23.8. The molecule has 2 aromatic carbocycles. The molecule has 32 heavy (non-hydrogen) atoms. The monoisotopic (exact) mass is 474 g/mol. The van der Waals surface area contributed by atoms with Gasteiger partial charge in [-0.3, -0.25) is 4.79 Å². The largest absolute Gasteiger partial charge is 0.497 e. The summed E-state index contributed by atoms with van der Waals surface area (Å²) in [6.07, 6.45) is 0.641. The number of methoxy groups -OCH3 is 1. The summed E-state index contributed by atoms with van der Waals surface area (Å²) in [5.41, 5.74) is 2.04. The number of nitrogens with zero attached hydrogens (tertiary/aromatic N) is 3. The number of sulfonamides is 1. The molecule has 0 spiro atoms. The average Bonchev–Trinajstić information content (AvgIpc) is 3.25. The fourth-order valence-electron chi connectivity index (χ4n) is 3.07. The van der Waals surface area contributed by atoms with Crippen LogP contribution in [0.15, 0.2) is 53.4 Å². The number of rotatable bonds is 10. The van der Waals surface area contributed by atoms with E-state index in [1.54, 1.807) is 12.1 Å². The van der Waals surface area contributed by atoms with E-state index in [0.717, 1.165) is 11.1 Å². The molecule has 170 valence electrons. The Kier molecular flexibility index (Phi) is 7.94. The summed E-state index contributed by atoms with van der Waals surface area (Å²) in [6, 6.07) is 14.1. The van der Waals surface area contributed by atoms with Crippen LogP contribution in [0.5, 0.6) is 5.75 Å². The minimum Gasteiger partial charge on any atom is -0.497 e. The van der Waals surface area contributed by atoms with E-state index in [4.69, 9.17) is 4.74 Å². The predicted octanol–water partition coefficient (Wildman–Crippen LogP) is 3.95. The van der Waals surface area contributed by atoms with Gasteiger partial charge < -0.3 is 10.1 Å². The molecule has 1 aromatic heterocycles. The number of aromatic nitrogens is 2. The molecule has 0 fully saturated rings. The second-order valence-corrected chi connectivity index (χ2v) is 10.1. The van der Waals surface area contributed by atoms with Crippen LogP contribution >= 0.6 is 11.3 Å². The molecule has 0 bridgehead atoms. The lowest BCUT2D eigenvalue weighted by Crippen LogP contribution is -2.34.